The highest BCUT2D eigenvalue weighted by molar-refractivity contribution is 7.97. The largest absolute Gasteiger partial charge is 0.455 e. The fourth-order valence-corrected chi connectivity index (χ4v) is 3.25. The fraction of sp³-hybridized carbons (Fsp3) is 0.188. The lowest BCUT2D eigenvalue weighted by molar-refractivity contribution is 0.254. The van der Waals surface area contributed by atoms with Crippen LogP contribution in [0.4, 0.5) is 10.5 Å². The van der Waals surface area contributed by atoms with Gasteiger partial charge in [0, 0.05) is 16.3 Å². The van der Waals surface area contributed by atoms with Gasteiger partial charge < -0.3 is 15.8 Å². The van der Waals surface area contributed by atoms with Crippen LogP contribution in [0.2, 0.25) is 5.02 Å². The first-order chi connectivity index (χ1) is 11.1. The summed E-state index contributed by atoms with van der Waals surface area (Å²) in [6.07, 6.45) is 0.789. The number of amides is 2. The number of hydrogen-bond acceptors (Lipinski definition) is 4. The number of anilines is 1. The molecule has 5 nitrogen and oxygen atoms in total. The first-order valence-electron chi connectivity index (χ1n) is 7.13. The van der Waals surface area contributed by atoms with E-state index in [9.17, 15) is 4.79 Å². The summed E-state index contributed by atoms with van der Waals surface area (Å²) in [5.74, 6) is 2.27. The zero-order chi connectivity index (χ0) is 16.2. The quantitative estimate of drug-likeness (QED) is 0.568. The van der Waals surface area contributed by atoms with Crippen molar-refractivity contribution in [1.29, 1.82) is 0 Å². The van der Waals surface area contributed by atoms with E-state index >= 15 is 0 Å². The van der Waals surface area contributed by atoms with E-state index in [1.807, 2.05) is 36.4 Å². The van der Waals surface area contributed by atoms with Crippen LogP contribution < -0.4 is 20.5 Å². The molecule has 0 aliphatic carbocycles. The lowest BCUT2D eigenvalue weighted by Crippen LogP contribution is -2.23. The second-order valence-electron chi connectivity index (χ2n) is 5.08. The molecule has 23 heavy (non-hydrogen) atoms. The standard InChI is InChI=1S/C16H16ClN3O2S/c17-10-5-6-15-13(9-10)19-12(7-8-23-20-16(18)21)11-3-1-2-4-14(11)22-15/h1-6,9,12,19H,7-8H2,(H3,18,20,21). The number of halogens is 1. The highest BCUT2D eigenvalue weighted by atomic mass is 35.5. The third kappa shape index (κ3) is 3.83. The number of hydrogen-bond donors (Lipinski definition) is 3. The normalized spacial score (nSPS) is 15.4. The van der Waals surface area contributed by atoms with E-state index in [-0.39, 0.29) is 6.04 Å². The Labute approximate surface area is 143 Å². The van der Waals surface area contributed by atoms with Gasteiger partial charge >= 0.3 is 6.03 Å². The number of primary amides is 1. The molecular weight excluding hydrogens is 334 g/mol. The van der Waals surface area contributed by atoms with Crippen molar-refractivity contribution in [3.8, 4) is 11.5 Å². The fourth-order valence-electron chi connectivity index (χ4n) is 2.48. The first kappa shape index (κ1) is 15.8. The smallest absolute Gasteiger partial charge is 0.322 e. The van der Waals surface area contributed by atoms with Crippen LogP contribution in [0.3, 0.4) is 0 Å². The minimum atomic E-state index is -0.537. The van der Waals surface area contributed by atoms with Crippen molar-refractivity contribution in [2.75, 3.05) is 11.1 Å². The van der Waals surface area contributed by atoms with Crippen LogP contribution in [0.15, 0.2) is 42.5 Å². The van der Waals surface area contributed by atoms with E-state index in [0.717, 1.165) is 29.2 Å². The van der Waals surface area contributed by atoms with Gasteiger partial charge in [0.1, 0.15) is 5.75 Å². The van der Waals surface area contributed by atoms with Gasteiger partial charge in [-0.1, -0.05) is 29.8 Å². The van der Waals surface area contributed by atoms with Gasteiger partial charge in [-0.2, -0.15) is 0 Å². The molecule has 0 bridgehead atoms. The van der Waals surface area contributed by atoms with E-state index in [0.29, 0.717) is 10.8 Å². The van der Waals surface area contributed by atoms with Crippen LogP contribution in [-0.4, -0.2) is 11.8 Å². The summed E-state index contributed by atoms with van der Waals surface area (Å²) in [4.78, 5) is 10.7. The van der Waals surface area contributed by atoms with Crippen molar-refractivity contribution >= 4 is 35.3 Å². The van der Waals surface area contributed by atoms with Crippen LogP contribution in [-0.2, 0) is 0 Å². The Hall–Kier alpha value is -2.05. The van der Waals surface area contributed by atoms with Crippen LogP contribution >= 0.6 is 23.5 Å². The molecule has 2 aromatic rings. The number of benzene rings is 2. The number of carbonyl (C=O) groups is 1. The second-order valence-corrected chi connectivity index (χ2v) is 6.42. The van der Waals surface area contributed by atoms with Crippen molar-refractivity contribution in [1.82, 2.24) is 4.72 Å². The monoisotopic (exact) mass is 349 g/mol. The summed E-state index contributed by atoms with van der Waals surface area (Å²) >= 11 is 7.38. The topological polar surface area (TPSA) is 76.4 Å². The van der Waals surface area contributed by atoms with Gasteiger partial charge in [0.05, 0.1) is 11.7 Å². The van der Waals surface area contributed by atoms with Crippen molar-refractivity contribution in [2.45, 2.75) is 12.5 Å². The van der Waals surface area contributed by atoms with Crippen LogP contribution in [0.25, 0.3) is 0 Å². The zero-order valence-corrected chi connectivity index (χ0v) is 13.8. The molecular formula is C16H16ClN3O2S. The molecule has 7 heteroatoms. The number of para-hydroxylation sites is 1. The van der Waals surface area contributed by atoms with Gasteiger partial charge in [-0.15, -0.1) is 0 Å². The summed E-state index contributed by atoms with van der Waals surface area (Å²) in [5.41, 5.74) is 6.99. The highest BCUT2D eigenvalue weighted by Crippen LogP contribution is 2.42. The number of fused-ring (bicyclic) bond motifs is 2. The number of urea groups is 1. The van der Waals surface area contributed by atoms with Crippen molar-refractivity contribution in [3.63, 3.8) is 0 Å². The number of rotatable bonds is 4. The summed E-state index contributed by atoms with van der Waals surface area (Å²) in [5, 5.41) is 4.13. The lowest BCUT2D eigenvalue weighted by Gasteiger charge is -2.18. The van der Waals surface area contributed by atoms with Crippen LogP contribution in [0, 0.1) is 0 Å². The minimum absolute atomic E-state index is 0.0492. The van der Waals surface area contributed by atoms with Crippen LogP contribution in [0.5, 0.6) is 11.5 Å². The summed E-state index contributed by atoms with van der Waals surface area (Å²) < 4.78 is 8.54. The Morgan fingerprint density at radius 2 is 2.13 bits per heavy atom. The predicted octanol–water partition coefficient (Wildman–Crippen LogP) is 4.31. The van der Waals surface area contributed by atoms with Gasteiger partial charge in [-0.25, -0.2) is 4.79 Å². The zero-order valence-electron chi connectivity index (χ0n) is 12.2. The van der Waals surface area contributed by atoms with Gasteiger partial charge in [0.2, 0.25) is 0 Å². The number of nitrogens with one attached hydrogen (secondary N) is 2. The Balaban J connectivity index is 1.83. The Bertz CT molecular complexity index is 726. The molecule has 1 atom stereocenters. The summed E-state index contributed by atoms with van der Waals surface area (Å²) in [6, 6.07) is 12.9. The molecule has 1 aliphatic heterocycles. The van der Waals surface area contributed by atoms with Gasteiger partial charge in [0.25, 0.3) is 0 Å². The molecule has 0 radical (unpaired) electrons. The summed E-state index contributed by atoms with van der Waals surface area (Å²) in [6.45, 7) is 0. The molecule has 4 N–H and O–H groups in total. The maximum atomic E-state index is 10.7. The van der Waals surface area contributed by atoms with Gasteiger partial charge in [-0.3, -0.25) is 4.72 Å². The molecule has 2 aromatic carbocycles. The van der Waals surface area contributed by atoms with E-state index in [1.165, 1.54) is 11.9 Å². The molecule has 0 fully saturated rings. The molecule has 1 unspecified atom stereocenters. The third-order valence-corrected chi connectivity index (χ3v) is 4.49. The number of ether oxygens (including phenoxy) is 1. The molecule has 0 saturated heterocycles. The minimum Gasteiger partial charge on any atom is -0.455 e. The molecule has 120 valence electrons. The summed E-state index contributed by atoms with van der Waals surface area (Å²) in [7, 11) is 0. The van der Waals surface area contributed by atoms with Gasteiger partial charge in [-0.05, 0) is 42.6 Å². The van der Waals surface area contributed by atoms with Crippen molar-refractivity contribution in [3.05, 3.63) is 53.1 Å². The molecule has 0 aromatic heterocycles. The third-order valence-electron chi connectivity index (χ3n) is 3.47. The molecule has 1 aliphatic rings. The molecule has 3 rings (SSSR count). The lowest BCUT2D eigenvalue weighted by atomic mass is 10.0. The highest BCUT2D eigenvalue weighted by Gasteiger charge is 2.22. The predicted molar refractivity (Wildman–Crippen MR) is 94.1 cm³/mol. The van der Waals surface area contributed by atoms with E-state index in [2.05, 4.69) is 10.0 Å². The van der Waals surface area contributed by atoms with Gasteiger partial charge in [0.15, 0.2) is 5.75 Å². The Kier molecular flexibility index (Phi) is 4.83. The maximum Gasteiger partial charge on any atom is 0.322 e. The van der Waals surface area contributed by atoms with Crippen LogP contribution in [0.1, 0.15) is 18.0 Å². The average molecular weight is 350 g/mol. The molecule has 0 spiro atoms. The SMILES string of the molecule is NC(=O)NSCCC1Nc2cc(Cl)ccc2Oc2ccccc21. The number of carbonyl (C=O) groups excluding carboxylic acids is 1. The Morgan fingerprint density at radius 3 is 2.96 bits per heavy atom. The molecule has 2 amide bonds. The number of nitrogens with two attached hydrogens (primary N) is 1. The van der Waals surface area contributed by atoms with Crippen molar-refractivity contribution in [2.24, 2.45) is 5.73 Å². The first-order valence-corrected chi connectivity index (χ1v) is 8.50. The maximum absolute atomic E-state index is 10.7. The molecule has 0 saturated carbocycles. The van der Waals surface area contributed by atoms with Crippen molar-refractivity contribution < 1.29 is 9.53 Å². The van der Waals surface area contributed by atoms with E-state index in [1.54, 1.807) is 6.07 Å². The molecule has 1 heterocycles. The second kappa shape index (κ2) is 7.02. The van der Waals surface area contributed by atoms with E-state index in [4.69, 9.17) is 22.1 Å². The van der Waals surface area contributed by atoms with E-state index < -0.39 is 6.03 Å². The Morgan fingerprint density at radius 1 is 1.30 bits per heavy atom. The average Bonchev–Trinajstić information content (AvgIpc) is 2.68.